The lowest BCUT2D eigenvalue weighted by Gasteiger charge is -2.09. The highest BCUT2D eigenvalue weighted by atomic mass is 79.9. The second-order valence-electron chi connectivity index (χ2n) is 6.60. The highest BCUT2D eigenvalue weighted by Gasteiger charge is 2.13. The normalized spacial score (nSPS) is 12.1. The van der Waals surface area contributed by atoms with E-state index < -0.39 is 0 Å². The fourth-order valence-corrected chi connectivity index (χ4v) is 4.62. The second-order valence-corrected chi connectivity index (χ2v) is 8.96. The third kappa shape index (κ3) is 3.60. The summed E-state index contributed by atoms with van der Waals surface area (Å²) in [5, 5.41) is 0.569. The number of hydrogen-bond acceptors (Lipinski definition) is 5. The van der Waals surface area contributed by atoms with Crippen LogP contribution < -0.4 is 14.8 Å². The minimum absolute atomic E-state index is 0.165. The molecule has 0 aliphatic heterocycles. The molecule has 8 heteroatoms. The third-order valence-electron chi connectivity index (χ3n) is 4.54. The van der Waals surface area contributed by atoms with E-state index in [1.165, 1.54) is 15.7 Å². The summed E-state index contributed by atoms with van der Waals surface area (Å²) in [4.78, 5) is 22.5. The zero-order valence-electron chi connectivity index (χ0n) is 15.4. The molecule has 0 saturated carbocycles. The Kier molecular flexibility index (Phi) is 5.02. The van der Waals surface area contributed by atoms with Crippen molar-refractivity contribution in [1.82, 2.24) is 14.4 Å². The smallest absolute Gasteiger partial charge is 0.276 e. The molecule has 0 bridgehead atoms. The van der Waals surface area contributed by atoms with E-state index in [0.29, 0.717) is 38.0 Å². The van der Waals surface area contributed by atoms with E-state index in [1.807, 2.05) is 42.5 Å². The van der Waals surface area contributed by atoms with Crippen molar-refractivity contribution in [3.63, 3.8) is 0 Å². The number of hydrogen-bond donors (Lipinski definition) is 0. The number of rotatable bonds is 4. The summed E-state index contributed by atoms with van der Waals surface area (Å²) in [5.41, 5.74) is 2.84. The molecule has 0 aliphatic rings. The van der Waals surface area contributed by atoms with Crippen molar-refractivity contribution in [2.75, 3.05) is 0 Å². The van der Waals surface area contributed by atoms with Crippen molar-refractivity contribution in [2.24, 2.45) is 0 Å². The highest BCUT2D eigenvalue weighted by Crippen LogP contribution is 2.25. The maximum absolute atomic E-state index is 13.0. The standard InChI is InChI=1S/C22H13BrClN3O2S/c23-15-10-17-20(25-11-15)27-21(28)19(30-22(27)26-17)9-14-8-16(24)6-7-18(14)29-12-13-4-2-1-3-5-13/h1-11H,12H2/b19-9-. The molecule has 0 radical (unpaired) electrons. The highest BCUT2D eigenvalue weighted by molar-refractivity contribution is 9.10. The molecule has 0 aliphatic carbocycles. The SMILES string of the molecule is O=c1/c(=C/c2cc(Cl)ccc2OCc2ccccc2)sc2nc3cc(Br)cnc3n12. The van der Waals surface area contributed by atoms with Crippen molar-refractivity contribution in [3.05, 3.63) is 96.3 Å². The minimum Gasteiger partial charge on any atom is -0.488 e. The van der Waals surface area contributed by atoms with Gasteiger partial charge in [0.2, 0.25) is 0 Å². The maximum atomic E-state index is 13.0. The number of aromatic nitrogens is 3. The second kappa shape index (κ2) is 7.83. The average molecular weight is 499 g/mol. The summed E-state index contributed by atoms with van der Waals surface area (Å²) in [6, 6.07) is 17.1. The van der Waals surface area contributed by atoms with Crippen molar-refractivity contribution < 1.29 is 4.74 Å². The van der Waals surface area contributed by atoms with Gasteiger partial charge < -0.3 is 4.74 Å². The number of thiazole rings is 1. The largest absolute Gasteiger partial charge is 0.488 e. The van der Waals surface area contributed by atoms with Crippen molar-refractivity contribution in [3.8, 4) is 5.75 Å². The van der Waals surface area contributed by atoms with Gasteiger partial charge >= 0.3 is 0 Å². The van der Waals surface area contributed by atoms with Gasteiger partial charge in [0, 0.05) is 21.3 Å². The molecule has 2 aromatic carbocycles. The number of ether oxygens (including phenoxy) is 1. The minimum atomic E-state index is -0.165. The van der Waals surface area contributed by atoms with E-state index in [2.05, 4.69) is 25.9 Å². The molecule has 0 saturated heterocycles. The summed E-state index contributed by atoms with van der Waals surface area (Å²) < 4.78 is 8.89. The van der Waals surface area contributed by atoms with Gasteiger partial charge in [-0.2, -0.15) is 0 Å². The molecule has 0 fully saturated rings. The van der Waals surface area contributed by atoms with Crippen molar-refractivity contribution >= 4 is 61.1 Å². The van der Waals surface area contributed by atoms with Crippen LogP contribution >= 0.6 is 38.9 Å². The van der Waals surface area contributed by atoms with Gasteiger partial charge in [0.05, 0.1) is 4.53 Å². The van der Waals surface area contributed by atoms with E-state index in [-0.39, 0.29) is 5.56 Å². The summed E-state index contributed by atoms with van der Waals surface area (Å²) in [7, 11) is 0. The van der Waals surface area contributed by atoms with E-state index >= 15 is 0 Å². The zero-order valence-corrected chi connectivity index (χ0v) is 18.5. The topological polar surface area (TPSA) is 56.5 Å². The van der Waals surface area contributed by atoms with Crippen LogP contribution in [0.3, 0.4) is 0 Å². The monoisotopic (exact) mass is 497 g/mol. The molecule has 148 valence electrons. The fraction of sp³-hybridized carbons (Fsp3) is 0.0455. The van der Waals surface area contributed by atoms with Crippen LogP contribution in [-0.2, 0) is 6.61 Å². The Hall–Kier alpha value is -2.74. The number of benzene rings is 2. The number of nitrogens with zero attached hydrogens (tertiary/aromatic N) is 3. The first-order valence-corrected chi connectivity index (χ1v) is 11.0. The molecule has 5 nitrogen and oxygen atoms in total. The van der Waals surface area contributed by atoms with Crippen LogP contribution in [0, 0.1) is 0 Å². The van der Waals surface area contributed by atoms with Crippen LogP contribution in [0.4, 0.5) is 0 Å². The molecule has 0 unspecified atom stereocenters. The number of pyridine rings is 1. The van der Waals surface area contributed by atoms with Crippen LogP contribution in [-0.4, -0.2) is 14.4 Å². The fourth-order valence-electron chi connectivity index (χ4n) is 3.15. The van der Waals surface area contributed by atoms with Gasteiger partial charge in [-0.3, -0.25) is 4.79 Å². The van der Waals surface area contributed by atoms with Crippen LogP contribution in [0.25, 0.3) is 22.2 Å². The molecule has 0 N–H and O–H groups in total. The predicted molar refractivity (Wildman–Crippen MR) is 123 cm³/mol. The van der Waals surface area contributed by atoms with E-state index in [4.69, 9.17) is 16.3 Å². The van der Waals surface area contributed by atoms with E-state index in [9.17, 15) is 4.79 Å². The molecule has 5 rings (SSSR count). The van der Waals surface area contributed by atoms with Gasteiger partial charge in [-0.1, -0.05) is 53.3 Å². The number of halogens is 2. The van der Waals surface area contributed by atoms with Gasteiger partial charge in [0.15, 0.2) is 10.6 Å². The Morgan fingerprint density at radius 2 is 2.00 bits per heavy atom. The van der Waals surface area contributed by atoms with Gasteiger partial charge in [0.1, 0.15) is 17.9 Å². The lowest BCUT2D eigenvalue weighted by Crippen LogP contribution is -2.23. The van der Waals surface area contributed by atoms with Crippen LogP contribution in [0.1, 0.15) is 11.1 Å². The Labute approximate surface area is 188 Å². The number of imidazole rings is 1. The average Bonchev–Trinajstić information content (AvgIpc) is 3.23. The first kappa shape index (κ1) is 19.2. The summed E-state index contributed by atoms with van der Waals surface area (Å²) in [6.07, 6.45) is 3.45. The Morgan fingerprint density at radius 1 is 1.17 bits per heavy atom. The maximum Gasteiger partial charge on any atom is 0.276 e. The first-order chi connectivity index (χ1) is 14.6. The zero-order chi connectivity index (χ0) is 20.7. The summed E-state index contributed by atoms with van der Waals surface area (Å²) in [6.45, 7) is 0.421. The molecular weight excluding hydrogens is 486 g/mol. The molecule has 5 aromatic rings. The van der Waals surface area contributed by atoms with Crippen LogP contribution in [0.15, 0.2) is 70.1 Å². The lowest BCUT2D eigenvalue weighted by molar-refractivity contribution is 0.305. The molecular formula is C22H13BrClN3O2S. The Bertz CT molecular complexity index is 1500. The molecule has 0 atom stereocenters. The molecule has 0 spiro atoms. The molecule has 3 aromatic heterocycles. The van der Waals surface area contributed by atoms with Crippen molar-refractivity contribution in [2.45, 2.75) is 6.61 Å². The first-order valence-electron chi connectivity index (χ1n) is 9.03. The molecule has 30 heavy (non-hydrogen) atoms. The summed E-state index contributed by atoms with van der Waals surface area (Å²) in [5.74, 6) is 0.653. The quantitative estimate of drug-likeness (QED) is 0.356. The van der Waals surface area contributed by atoms with Crippen LogP contribution in [0.5, 0.6) is 5.75 Å². The van der Waals surface area contributed by atoms with E-state index in [0.717, 1.165) is 15.6 Å². The lowest BCUT2D eigenvalue weighted by atomic mass is 10.2. The molecule has 0 amide bonds. The van der Waals surface area contributed by atoms with Crippen molar-refractivity contribution in [1.29, 1.82) is 0 Å². The van der Waals surface area contributed by atoms with Gasteiger partial charge in [-0.25, -0.2) is 14.4 Å². The van der Waals surface area contributed by atoms with E-state index in [1.54, 1.807) is 24.4 Å². The van der Waals surface area contributed by atoms with Gasteiger partial charge in [0.25, 0.3) is 5.56 Å². The van der Waals surface area contributed by atoms with Gasteiger partial charge in [-0.15, -0.1) is 0 Å². The van der Waals surface area contributed by atoms with Crippen LogP contribution in [0.2, 0.25) is 5.02 Å². The number of fused-ring (bicyclic) bond motifs is 3. The Morgan fingerprint density at radius 3 is 2.83 bits per heavy atom. The Balaban J connectivity index is 1.59. The predicted octanol–water partition coefficient (Wildman–Crippen LogP) is 4.85. The molecule has 3 heterocycles. The van der Waals surface area contributed by atoms with Gasteiger partial charge in [-0.05, 0) is 51.8 Å². The summed E-state index contributed by atoms with van der Waals surface area (Å²) >= 11 is 10.9. The third-order valence-corrected chi connectivity index (χ3v) is 6.18.